The molecular formula is C22H23N3O6. The van der Waals surface area contributed by atoms with Crippen LogP contribution in [0.3, 0.4) is 0 Å². The van der Waals surface area contributed by atoms with Gasteiger partial charge in [-0.15, -0.1) is 0 Å². The van der Waals surface area contributed by atoms with E-state index in [0.29, 0.717) is 54.9 Å². The Morgan fingerprint density at radius 2 is 1.65 bits per heavy atom. The third-order valence-electron chi connectivity index (χ3n) is 5.49. The number of nitrogens with one attached hydrogen (secondary N) is 1. The van der Waals surface area contributed by atoms with Crippen LogP contribution < -0.4 is 24.3 Å². The highest BCUT2D eigenvalue weighted by atomic mass is 16.7. The van der Waals surface area contributed by atoms with Gasteiger partial charge in [-0.05, 0) is 24.3 Å². The highest BCUT2D eigenvalue weighted by molar-refractivity contribution is 5.92. The van der Waals surface area contributed by atoms with E-state index in [4.69, 9.17) is 18.9 Å². The van der Waals surface area contributed by atoms with Gasteiger partial charge >= 0.3 is 0 Å². The number of hydrogen-bond donors (Lipinski definition) is 1. The lowest BCUT2D eigenvalue weighted by molar-refractivity contribution is -0.143. The minimum Gasteiger partial charge on any atom is -0.485 e. The molecule has 31 heavy (non-hydrogen) atoms. The van der Waals surface area contributed by atoms with Gasteiger partial charge in [0.2, 0.25) is 18.8 Å². The van der Waals surface area contributed by atoms with E-state index in [2.05, 4.69) is 5.32 Å². The van der Waals surface area contributed by atoms with Crippen LogP contribution in [-0.2, 0) is 9.59 Å². The minimum atomic E-state index is -0.643. The standard InChI is InChI=1S/C22H23N3O6/c26-21(23-15-5-6-17-19(11-15)30-14-29-17)12-24-7-9-25(10-8-24)22(27)20-13-28-16-3-1-2-4-18(16)31-20/h1-6,11,20H,7-10,12-14H2,(H,23,26)/t20-/m0/s1. The zero-order valence-electron chi connectivity index (χ0n) is 16.9. The number of carbonyl (C=O) groups excluding carboxylic acids is 2. The van der Waals surface area contributed by atoms with Crippen molar-refractivity contribution >= 4 is 17.5 Å². The van der Waals surface area contributed by atoms with E-state index in [1.807, 2.05) is 23.1 Å². The number of ether oxygens (including phenoxy) is 4. The average Bonchev–Trinajstić information content (AvgIpc) is 3.26. The van der Waals surface area contributed by atoms with Gasteiger partial charge in [-0.1, -0.05) is 12.1 Å². The summed E-state index contributed by atoms with van der Waals surface area (Å²) in [6, 6.07) is 12.6. The van der Waals surface area contributed by atoms with Crippen LogP contribution in [0.25, 0.3) is 0 Å². The lowest BCUT2D eigenvalue weighted by atomic mass is 10.2. The first-order valence-corrected chi connectivity index (χ1v) is 10.2. The lowest BCUT2D eigenvalue weighted by Gasteiger charge is -2.36. The molecule has 162 valence electrons. The number of benzene rings is 2. The maximum atomic E-state index is 12.8. The second-order valence-corrected chi connectivity index (χ2v) is 7.58. The highest BCUT2D eigenvalue weighted by Gasteiger charge is 2.33. The molecule has 0 bridgehead atoms. The zero-order chi connectivity index (χ0) is 21.2. The number of anilines is 1. The molecule has 9 nitrogen and oxygen atoms in total. The van der Waals surface area contributed by atoms with E-state index < -0.39 is 6.10 Å². The Morgan fingerprint density at radius 3 is 2.48 bits per heavy atom. The van der Waals surface area contributed by atoms with Crippen LogP contribution >= 0.6 is 0 Å². The SMILES string of the molecule is O=C(CN1CCN(C(=O)[C@@H]2COc3ccccc3O2)CC1)Nc1ccc2c(c1)OCO2. The molecule has 0 aliphatic carbocycles. The van der Waals surface area contributed by atoms with Gasteiger partial charge in [-0.3, -0.25) is 14.5 Å². The number of para-hydroxylation sites is 2. The molecule has 5 rings (SSSR count). The van der Waals surface area contributed by atoms with Gasteiger partial charge in [-0.2, -0.15) is 0 Å². The zero-order valence-corrected chi connectivity index (χ0v) is 16.9. The monoisotopic (exact) mass is 425 g/mol. The Morgan fingerprint density at radius 1 is 0.903 bits per heavy atom. The van der Waals surface area contributed by atoms with Crippen molar-refractivity contribution in [2.24, 2.45) is 0 Å². The van der Waals surface area contributed by atoms with Crippen molar-refractivity contribution in [3.8, 4) is 23.0 Å². The van der Waals surface area contributed by atoms with Crippen molar-refractivity contribution < 1.29 is 28.5 Å². The maximum Gasteiger partial charge on any atom is 0.267 e. The third-order valence-corrected chi connectivity index (χ3v) is 5.49. The Hall–Kier alpha value is -3.46. The summed E-state index contributed by atoms with van der Waals surface area (Å²) in [6.07, 6.45) is -0.643. The molecule has 3 heterocycles. The fourth-order valence-corrected chi connectivity index (χ4v) is 3.85. The largest absolute Gasteiger partial charge is 0.485 e. The number of amides is 2. The predicted octanol–water partition coefficient (Wildman–Crippen LogP) is 1.34. The highest BCUT2D eigenvalue weighted by Crippen LogP contribution is 2.34. The van der Waals surface area contributed by atoms with Crippen molar-refractivity contribution in [1.29, 1.82) is 0 Å². The molecule has 0 saturated carbocycles. The maximum absolute atomic E-state index is 12.8. The van der Waals surface area contributed by atoms with Crippen LogP contribution in [0, 0.1) is 0 Å². The molecule has 0 unspecified atom stereocenters. The average molecular weight is 425 g/mol. The first kappa shape index (κ1) is 19.5. The first-order chi connectivity index (χ1) is 15.2. The van der Waals surface area contributed by atoms with Crippen molar-refractivity contribution in [1.82, 2.24) is 9.80 Å². The van der Waals surface area contributed by atoms with E-state index in [1.165, 1.54) is 0 Å². The van der Waals surface area contributed by atoms with E-state index >= 15 is 0 Å². The second kappa shape index (κ2) is 8.35. The van der Waals surface area contributed by atoms with Gasteiger partial charge in [-0.25, -0.2) is 0 Å². The van der Waals surface area contributed by atoms with Gasteiger partial charge in [0.15, 0.2) is 23.0 Å². The Kier molecular flexibility index (Phi) is 5.25. The van der Waals surface area contributed by atoms with Crippen LogP contribution in [0.2, 0.25) is 0 Å². The number of rotatable bonds is 4. The predicted molar refractivity (Wildman–Crippen MR) is 111 cm³/mol. The third kappa shape index (κ3) is 4.22. The van der Waals surface area contributed by atoms with Crippen LogP contribution in [-0.4, -0.2) is 73.8 Å². The minimum absolute atomic E-state index is 0.0843. The van der Waals surface area contributed by atoms with Crippen molar-refractivity contribution in [2.75, 3.05) is 51.4 Å². The van der Waals surface area contributed by atoms with E-state index in [-0.39, 0.29) is 31.8 Å². The number of fused-ring (bicyclic) bond motifs is 2. The lowest BCUT2D eigenvalue weighted by Crippen LogP contribution is -2.54. The van der Waals surface area contributed by atoms with Crippen LogP contribution in [0.15, 0.2) is 42.5 Å². The van der Waals surface area contributed by atoms with E-state index in [1.54, 1.807) is 29.2 Å². The van der Waals surface area contributed by atoms with Crippen LogP contribution in [0.1, 0.15) is 0 Å². The Bertz CT molecular complexity index is 989. The fraction of sp³-hybridized carbons (Fsp3) is 0.364. The molecule has 1 saturated heterocycles. The van der Waals surface area contributed by atoms with Crippen LogP contribution in [0.5, 0.6) is 23.0 Å². The quantitative estimate of drug-likeness (QED) is 0.791. The summed E-state index contributed by atoms with van der Waals surface area (Å²) >= 11 is 0. The molecule has 3 aliphatic rings. The van der Waals surface area contributed by atoms with Gasteiger partial charge in [0.05, 0.1) is 6.54 Å². The molecule has 0 spiro atoms. The smallest absolute Gasteiger partial charge is 0.267 e. The normalized spacial score (nSPS) is 19.7. The molecule has 1 N–H and O–H groups in total. The van der Waals surface area contributed by atoms with Gasteiger partial charge < -0.3 is 29.2 Å². The van der Waals surface area contributed by atoms with E-state index in [0.717, 1.165) is 0 Å². The summed E-state index contributed by atoms with van der Waals surface area (Å²) in [5.41, 5.74) is 0.665. The molecule has 2 amide bonds. The molecular weight excluding hydrogens is 402 g/mol. The number of hydrogen-bond acceptors (Lipinski definition) is 7. The molecule has 3 aliphatic heterocycles. The van der Waals surface area contributed by atoms with Crippen molar-refractivity contribution in [2.45, 2.75) is 6.10 Å². The number of piperazine rings is 1. The summed E-state index contributed by atoms with van der Waals surface area (Å²) in [5.74, 6) is 2.35. The summed E-state index contributed by atoms with van der Waals surface area (Å²) in [5, 5.41) is 2.88. The summed E-state index contributed by atoms with van der Waals surface area (Å²) < 4.78 is 22.1. The number of nitrogens with zero attached hydrogens (tertiary/aromatic N) is 2. The molecule has 1 atom stereocenters. The van der Waals surface area contributed by atoms with Gasteiger partial charge in [0.1, 0.15) is 6.61 Å². The van der Waals surface area contributed by atoms with E-state index in [9.17, 15) is 9.59 Å². The molecule has 0 radical (unpaired) electrons. The van der Waals surface area contributed by atoms with Gasteiger partial charge in [0.25, 0.3) is 5.91 Å². The summed E-state index contributed by atoms with van der Waals surface area (Å²) in [6.45, 7) is 2.96. The fourth-order valence-electron chi connectivity index (χ4n) is 3.85. The topological polar surface area (TPSA) is 89.6 Å². The van der Waals surface area contributed by atoms with Gasteiger partial charge in [0, 0.05) is 37.9 Å². The Labute approximate surface area is 179 Å². The molecule has 0 aromatic heterocycles. The first-order valence-electron chi connectivity index (χ1n) is 10.2. The molecule has 9 heteroatoms. The van der Waals surface area contributed by atoms with Crippen molar-refractivity contribution in [3.05, 3.63) is 42.5 Å². The molecule has 2 aromatic rings. The van der Waals surface area contributed by atoms with Crippen LogP contribution in [0.4, 0.5) is 5.69 Å². The number of carbonyl (C=O) groups is 2. The second-order valence-electron chi connectivity index (χ2n) is 7.58. The summed E-state index contributed by atoms with van der Waals surface area (Å²) in [4.78, 5) is 29.0. The molecule has 1 fully saturated rings. The Balaban J connectivity index is 1.10. The molecule has 2 aromatic carbocycles. The van der Waals surface area contributed by atoms with Crippen molar-refractivity contribution in [3.63, 3.8) is 0 Å². The summed E-state index contributed by atoms with van der Waals surface area (Å²) in [7, 11) is 0.